The lowest BCUT2D eigenvalue weighted by Gasteiger charge is -2.38. The van der Waals surface area contributed by atoms with E-state index in [0.717, 1.165) is 25.2 Å². The van der Waals surface area contributed by atoms with Crippen molar-refractivity contribution in [2.45, 2.75) is 46.6 Å². The highest BCUT2D eigenvalue weighted by Crippen LogP contribution is 2.23. The third kappa shape index (κ3) is 4.31. The molecule has 1 aromatic carbocycles. The molecule has 116 valence electrons. The number of carbonyl (C=O) groups excluding carboxylic acids is 1. The van der Waals surface area contributed by atoms with Crippen LogP contribution < -0.4 is 5.32 Å². The van der Waals surface area contributed by atoms with E-state index in [0.29, 0.717) is 11.8 Å². The van der Waals surface area contributed by atoms with Crippen molar-refractivity contribution < 1.29 is 4.79 Å². The molecule has 2 rings (SSSR count). The molecule has 1 aliphatic heterocycles. The molecule has 1 fully saturated rings. The van der Waals surface area contributed by atoms with Crippen LogP contribution in [0.25, 0.3) is 0 Å². The maximum atomic E-state index is 12.4. The van der Waals surface area contributed by atoms with Gasteiger partial charge in [-0.2, -0.15) is 0 Å². The first kappa shape index (κ1) is 16.0. The van der Waals surface area contributed by atoms with Gasteiger partial charge in [-0.05, 0) is 49.3 Å². The molecule has 1 heterocycles. The zero-order chi connectivity index (χ0) is 15.4. The number of hydrogen-bond donors (Lipinski definition) is 1. The normalized spacial score (nSPS) is 24.6. The SMILES string of the molecule is CCc1ccc(NC(=O)[C@H](C)N2C[C@@H](C)C[C@H](C)C2)cc1. The number of nitrogens with one attached hydrogen (secondary N) is 1. The highest BCUT2D eigenvalue weighted by molar-refractivity contribution is 5.94. The number of carbonyl (C=O) groups is 1. The maximum absolute atomic E-state index is 12.4. The van der Waals surface area contributed by atoms with Gasteiger partial charge in [0.2, 0.25) is 5.91 Å². The van der Waals surface area contributed by atoms with Crippen LogP contribution in [-0.4, -0.2) is 29.9 Å². The summed E-state index contributed by atoms with van der Waals surface area (Å²) >= 11 is 0. The topological polar surface area (TPSA) is 32.3 Å². The zero-order valence-electron chi connectivity index (χ0n) is 13.7. The summed E-state index contributed by atoms with van der Waals surface area (Å²) in [6.45, 7) is 10.7. The van der Waals surface area contributed by atoms with Gasteiger partial charge < -0.3 is 5.32 Å². The van der Waals surface area contributed by atoms with Crippen LogP contribution >= 0.6 is 0 Å². The molecular formula is C18H28N2O. The number of piperidine rings is 1. The minimum Gasteiger partial charge on any atom is -0.325 e. The van der Waals surface area contributed by atoms with Crippen LogP contribution in [0.5, 0.6) is 0 Å². The molecular weight excluding hydrogens is 260 g/mol. The summed E-state index contributed by atoms with van der Waals surface area (Å²) < 4.78 is 0. The molecule has 1 aliphatic rings. The molecule has 3 atom stereocenters. The van der Waals surface area contributed by atoms with Crippen LogP contribution in [0, 0.1) is 11.8 Å². The van der Waals surface area contributed by atoms with Gasteiger partial charge in [0.05, 0.1) is 6.04 Å². The van der Waals surface area contributed by atoms with E-state index in [1.165, 1.54) is 12.0 Å². The molecule has 1 amide bonds. The van der Waals surface area contributed by atoms with Gasteiger partial charge in [0.25, 0.3) is 0 Å². The summed E-state index contributed by atoms with van der Waals surface area (Å²) in [6, 6.07) is 8.06. The summed E-state index contributed by atoms with van der Waals surface area (Å²) in [5.41, 5.74) is 2.18. The van der Waals surface area contributed by atoms with Crippen molar-refractivity contribution in [3.8, 4) is 0 Å². The molecule has 0 aromatic heterocycles. The van der Waals surface area contributed by atoms with E-state index in [9.17, 15) is 4.79 Å². The van der Waals surface area contributed by atoms with Gasteiger partial charge in [-0.1, -0.05) is 32.9 Å². The number of benzene rings is 1. The zero-order valence-corrected chi connectivity index (χ0v) is 13.7. The van der Waals surface area contributed by atoms with Crippen molar-refractivity contribution >= 4 is 11.6 Å². The Balaban J connectivity index is 1.95. The minimum atomic E-state index is -0.0685. The molecule has 0 bridgehead atoms. The van der Waals surface area contributed by atoms with Crippen LogP contribution in [0.4, 0.5) is 5.69 Å². The number of hydrogen-bond acceptors (Lipinski definition) is 2. The van der Waals surface area contributed by atoms with Gasteiger partial charge in [0.1, 0.15) is 0 Å². The summed E-state index contributed by atoms with van der Waals surface area (Å²) in [5, 5.41) is 3.04. The van der Waals surface area contributed by atoms with Crippen molar-refractivity contribution in [3.05, 3.63) is 29.8 Å². The summed E-state index contributed by atoms with van der Waals surface area (Å²) in [7, 11) is 0. The van der Waals surface area contributed by atoms with Gasteiger partial charge in [-0.25, -0.2) is 0 Å². The second kappa shape index (κ2) is 7.08. The van der Waals surface area contributed by atoms with Crippen LogP contribution in [0.2, 0.25) is 0 Å². The number of amides is 1. The van der Waals surface area contributed by atoms with Gasteiger partial charge in [0.15, 0.2) is 0 Å². The average molecular weight is 288 g/mol. The van der Waals surface area contributed by atoms with Crippen molar-refractivity contribution in [2.75, 3.05) is 18.4 Å². The quantitative estimate of drug-likeness (QED) is 0.919. The highest BCUT2D eigenvalue weighted by atomic mass is 16.2. The summed E-state index contributed by atoms with van der Waals surface area (Å²) in [5.74, 6) is 1.45. The fourth-order valence-corrected chi connectivity index (χ4v) is 3.26. The lowest BCUT2D eigenvalue weighted by molar-refractivity contribution is -0.121. The van der Waals surface area contributed by atoms with E-state index in [1.54, 1.807) is 0 Å². The Morgan fingerprint density at radius 2 is 1.81 bits per heavy atom. The number of nitrogens with zero attached hydrogens (tertiary/aromatic N) is 1. The first-order valence-corrected chi connectivity index (χ1v) is 8.13. The summed E-state index contributed by atoms with van der Waals surface area (Å²) in [4.78, 5) is 14.7. The fourth-order valence-electron chi connectivity index (χ4n) is 3.26. The number of likely N-dealkylation sites (tertiary alicyclic amines) is 1. The van der Waals surface area contributed by atoms with E-state index >= 15 is 0 Å². The lowest BCUT2D eigenvalue weighted by Crippen LogP contribution is -2.48. The third-order valence-electron chi connectivity index (χ3n) is 4.45. The summed E-state index contributed by atoms with van der Waals surface area (Å²) in [6.07, 6.45) is 2.29. The monoisotopic (exact) mass is 288 g/mol. The Morgan fingerprint density at radius 1 is 1.24 bits per heavy atom. The standard InChI is InChI=1S/C18H28N2O/c1-5-16-6-8-17(9-7-16)19-18(21)15(4)20-11-13(2)10-14(3)12-20/h6-9,13-15H,5,10-12H2,1-4H3,(H,19,21)/t13-,14-,15-/m0/s1. The smallest absolute Gasteiger partial charge is 0.241 e. The molecule has 1 aromatic rings. The Labute approximate surface area is 128 Å². The lowest BCUT2D eigenvalue weighted by atomic mass is 9.91. The number of anilines is 1. The molecule has 1 saturated heterocycles. The van der Waals surface area contributed by atoms with E-state index in [2.05, 4.69) is 43.1 Å². The molecule has 3 nitrogen and oxygen atoms in total. The van der Waals surface area contributed by atoms with Gasteiger partial charge in [-0.3, -0.25) is 9.69 Å². The molecule has 0 unspecified atom stereocenters. The molecule has 0 radical (unpaired) electrons. The molecule has 1 N–H and O–H groups in total. The van der Waals surface area contributed by atoms with Crippen LogP contribution in [-0.2, 0) is 11.2 Å². The second-order valence-corrected chi connectivity index (χ2v) is 6.62. The van der Waals surface area contributed by atoms with Crippen molar-refractivity contribution in [1.82, 2.24) is 4.90 Å². The van der Waals surface area contributed by atoms with E-state index in [1.807, 2.05) is 19.1 Å². The van der Waals surface area contributed by atoms with E-state index < -0.39 is 0 Å². The minimum absolute atomic E-state index is 0.0685. The van der Waals surface area contributed by atoms with Crippen molar-refractivity contribution in [2.24, 2.45) is 11.8 Å². The largest absolute Gasteiger partial charge is 0.325 e. The first-order valence-electron chi connectivity index (χ1n) is 8.13. The fraction of sp³-hybridized carbons (Fsp3) is 0.611. The van der Waals surface area contributed by atoms with Crippen LogP contribution in [0.1, 0.15) is 39.7 Å². The van der Waals surface area contributed by atoms with Crippen molar-refractivity contribution in [3.63, 3.8) is 0 Å². The molecule has 0 spiro atoms. The van der Waals surface area contributed by atoms with Gasteiger partial charge in [0, 0.05) is 18.8 Å². The van der Waals surface area contributed by atoms with Crippen LogP contribution in [0.3, 0.4) is 0 Å². The highest BCUT2D eigenvalue weighted by Gasteiger charge is 2.28. The Kier molecular flexibility index (Phi) is 5.40. The van der Waals surface area contributed by atoms with Crippen LogP contribution in [0.15, 0.2) is 24.3 Å². The Hall–Kier alpha value is -1.35. The van der Waals surface area contributed by atoms with E-state index in [4.69, 9.17) is 0 Å². The number of rotatable bonds is 4. The third-order valence-corrected chi connectivity index (χ3v) is 4.45. The molecule has 21 heavy (non-hydrogen) atoms. The Morgan fingerprint density at radius 3 is 2.33 bits per heavy atom. The van der Waals surface area contributed by atoms with Crippen molar-refractivity contribution in [1.29, 1.82) is 0 Å². The maximum Gasteiger partial charge on any atom is 0.241 e. The first-order chi connectivity index (χ1) is 9.99. The number of aryl methyl sites for hydroxylation is 1. The Bertz CT molecular complexity index is 459. The predicted molar refractivity (Wildman–Crippen MR) is 88.4 cm³/mol. The van der Waals surface area contributed by atoms with E-state index in [-0.39, 0.29) is 11.9 Å². The predicted octanol–water partition coefficient (Wildman–Crippen LogP) is 3.55. The average Bonchev–Trinajstić information content (AvgIpc) is 2.46. The molecule has 3 heteroatoms. The van der Waals surface area contributed by atoms with Gasteiger partial charge in [-0.15, -0.1) is 0 Å². The van der Waals surface area contributed by atoms with Gasteiger partial charge >= 0.3 is 0 Å². The molecule has 0 saturated carbocycles. The molecule has 0 aliphatic carbocycles. The second-order valence-electron chi connectivity index (χ2n) is 6.62.